The van der Waals surface area contributed by atoms with E-state index < -0.39 is 29.7 Å². The number of nitrogens with one attached hydrogen (secondary N) is 3. The number of imide groups is 2. The van der Waals surface area contributed by atoms with Gasteiger partial charge in [0.2, 0.25) is 11.8 Å². The maximum absolute atomic E-state index is 13.6. The molecule has 4 aliphatic rings. The van der Waals surface area contributed by atoms with Crippen LogP contribution in [-0.4, -0.2) is 92.2 Å². The van der Waals surface area contributed by atoms with Crippen LogP contribution in [0.1, 0.15) is 87.9 Å². The number of benzene rings is 3. The van der Waals surface area contributed by atoms with Crippen molar-refractivity contribution < 1.29 is 29.1 Å². The third-order valence-electron chi connectivity index (χ3n) is 11.3. The minimum absolute atomic E-state index is 0.0854. The lowest BCUT2D eigenvalue weighted by Crippen LogP contribution is -2.54. The normalized spacial score (nSPS) is 22.5. The van der Waals surface area contributed by atoms with E-state index in [9.17, 15) is 29.1 Å². The number of hydrogen-bond acceptors (Lipinski definition) is 9. The Labute approximate surface area is 306 Å². The molecule has 4 aliphatic heterocycles. The predicted octanol–water partition coefficient (Wildman–Crippen LogP) is 4.02. The lowest BCUT2D eigenvalue weighted by atomic mass is 9.90. The van der Waals surface area contributed by atoms with Gasteiger partial charge in [-0.15, -0.1) is 0 Å². The van der Waals surface area contributed by atoms with Crippen LogP contribution in [0.2, 0.25) is 0 Å². The Morgan fingerprint density at radius 2 is 1.77 bits per heavy atom. The number of piperidine rings is 2. The molecule has 8 rings (SSSR count). The summed E-state index contributed by atoms with van der Waals surface area (Å²) in [4.78, 5) is 77.6. The molecule has 3 aromatic carbocycles. The smallest absolute Gasteiger partial charge is 0.264 e. The first-order valence-electron chi connectivity index (χ1n) is 18.5. The van der Waals surface area contributed by atoms with Crippen LogP contribution >= 0.6 is 0 Å². The van der Waals surface area contributed by atoms with Gasteiger partial charge >= 0.3 is 0 Å². The van der Waals surface area contributed by atoms with Crippen LogP contribution < -0.4 is 15.5 Å². The second-order valence-electron chi connectivity index (χ2n) is 14.9. The second kappa shape index (κ2) is 14.2. The molecule has 3 atom stereocenters. The number of aliphatic hydroxyl groups is 1. The van der Waals surface area contributed by atoms with Gasteiger partial charge < -0.3 is 20.3 Å². The Morgan fingerprint density at radius 1 is 0.981 bits per heavy atom. The largest absolute Gasteiger partial charge is 0.392 e. The summed E-state index contributed by atoms with van der Waals surface area (Å²) in [6, 6.07) is 18.0. The van der Waals surface area contributed by atoms with Crippen LogP contribution in [0.15, 0.2) is 60.7 Å². The number of fused-ring (bicyclic) bond motifs is 2. The number of aromatic nitrogens is 2. The number of aryl methyl sites for hydroxylation is 1. The number of rotatable bonds is 9. The number of aromatic amines is 1. The zero-order valence-corrected chi connectivity index (χ0v) is 29.6. The summed E-state index contributed by atoms with van der Waals surface area (Å²) in [5.74, 6) is -0.836. The summed E-state index contributed by atoms with van der Waals surface area (Å²) in [6.07, 6.45) is 4.43. The van der Waals surface area contributed by atoms with Crippen LogP contribution in [0.4, 0.5) is 11.4 Å². The third-order valence-corrected chi connectivity index (χ3v) is 11.3. The molecular formula is C40H43N7O6. The van der Waals surface area contributed by atoms with Crippen molar-refractivity contribution in [1.82, 2.24) is 25.1 Å². The standard InChI is InChI=1S/C40H43N7O6/c1-23-19-28(48)21-46(23)22-34-42-30-12-11-27(20-31(30)43-34)41-37(50)26-9-7-24(8-10-26)5-6-25-15-17-45(18-16-25)32-4-2-3-29-36(32)40(53)47(39(29)52)33-13-14-35(49)44-38(33)51/h2-4,7-12,20,23,25,28,33,48H,5-6,13-19,21-22H2,1H3,(H,41,50)(H,42,43)(H,44,49,51)/t23-,28-,33?/m0/s1. The highest BCUT2D eigenvalue weighted by Gasteiger charge is 2.46. The molecular weight excluding hydrogens is 674 g/mol. The van der Waals surface area contributed by atoms with E-state index in [1.807, 2.05) is 48.5 Å². The molecule has 0 radical (unpaired) electrons. The summed E-state index contributed by atoms with van der Waals surface area (Å²) < 4.78 is 0. The highest BCUT2D eigenvalue weighted by atomic mass is 16.3. The van der Waals surface area contributed by atoms with Gasteiger partial charge in [-0.3, -0.25) is 39.1 Å². The molecule has 274 valence electrons. The van der Waals surface area contributed by atoms with E-state index in [4.69, 9.17) is 4.98 Å². The fraction of sp³-hybridized carbons (Fsp3) is 0.400. The SMILES string of the molecule is C[C@H]1C[C@H](O)CN1Cc1nc2ccc(NC(=O)c3ccc(CCC4CCN(c5cccc6c5C(=O)N(C5CCC(=O)NC5=O)C6=O)CC4)cc3)cc2[nH]1. The number of β-amino-alcohol motifs (C(OH)–C–C–N with tert-alkyl or cyclic N) is 1. The van der Waals surface area contributed by atoms with Crippen molar-refractivity contribution in [1.29, 1.82) is 0 Å². The molecule has 13 nitrogen and oxygen atoms in total. The average Bonchev–Trinajstić information content (AvgIpc) is 3.78. The maximum Gasteiger partial charge on any atom is 0.264 e. The number of likely N-dealkylation sites (tertiary alicyclic amines) is 1. The van der Waals surface area contributed by atoms with Gasteiger partial charge in [0.05, 0.1) is 40.5 Å². The number of carbonyl (C=O) groups excluding carboxylic acids is 5. The molecule has 0 saturated carbocycles. The molecule has 5 amide bonds. The first-order valence-corrected chi connectivity index (χ1v) is 18.5. The fourth-order valence-corrected chi connectivity index (χ4v) is 8.32. The van der Waals surface area contributed by atoms with E-state index in [2.05, 4.69) is 32.3 Å². The highest BCUT2D eigenvalue weighted by molar-refractivity contribution is 6.25. The van der Waals surface area contributed by atoms with Crippen LogP contribution in [0.3, 0.4) is 0 Å². The lowest BCUT2D eigenvalue weighted by molar-refractivity contribution is -0.136. The molecule has 53 heavy (non-hydrogen) atoms. The number of imidazole rings is 1. The molecule has 1 unspecified atom stereocenters. The van der Waals surface area contributed by atoms with E-state index >= 15 is 0 Å². The van der Waals surface area contributed by atoms with Crippen molar-refractivity contribution in [2.45, 2.75) is 76.6 Å². The van der Waals surface area contributed by atoms with Gasteiger partial charge in [0.15, 0.2) is 0 Å². The number of H-pyrrole nitrogens is 1. The van der Waals surface area contributed by atoms with E-state index in [1.54, 1.807) is 12.1 Å². The van der Waals surface area contributed by atoms with Crippen molar-refractivity contribution in [2.75, 3.05) is 29.9 Å². The number of nitrogens with zero attached hydrogens (tertiary/aromatic N) is 4. The van der Waals surface area contributed by atoms with Gasteiger partial charge in [0.1, 0.15) is 11.9 Å². The molecule has 0 aliphatic carbocycles. The maximum atomic E-state index is 13.6. The Hall–Kier alpha value is -5.40. The molecule has 0 bridgehead atoms. The van der Waals surface area contributed by atoms with E-state index in [1.165, 1.54) is 0 Å². The molecule has 4 aromatic rings. The van der Waals surface area contributed by atoms with Crippen molar-refractivity contribution in [3.05, 3.63) is 88.7 Å². The number of hydrogen-bond donors (Lipinski definition) is 4. The molecule has 4 N–H and O–H groups in total. The highest BCUT2D eigenvalue weighted by Crippen LogP contribution is 2.36. The third kappa shape index (κ3) is 6.94. The quantitative estimate of drug-likeness (QED) is 0.187. The Bertz CT molecular complexity index is 2100. The Morgan fingerprint density at radius 3 is 2.51 bits per heavy atom. The summed E-state index contributed by atoms with van der Waals surface area (Å²) in [7, 11) is 0. The topological polar surface area (TPSA) is 168 Å². The molecule has 3 saturated heterocycles. The zero-order chi connectivity index (χ0) is 36.8. The molecule has 0 spiro atoms. The zero-order valence-electron chi connectivity index (χ0n) is 29.6. The van der Waals surface area contributed by atoms with Gasteiger partial charge in [-0.1, -0.05) is 18.2 Å². The monoisotopic (exact) mass is 717 g/mol. The van der Waals surface area contributed by atoms with Crippen molar-refractivity contribution in [3.63, 3.8) is 0 Å². The van der Waals surface area contributed by atoms with E-state index in [0.717, 1.165) is 72.5 Å². The molecule has 3 fully saturated rings. The first kappa shape index (κ1) is 34.7. The van der Waals surface area contributed by atoms with E-state index in [-0.39, 0.29) is 24.9 Å². The molecule has 5 heterocycles. The average molecular weight is 718 g/mol. The van der Waals surface area contributed by atoms with Crippen LogP contribution in [-0.2, 0) is 22.6 Å². The fourth-order valence-electron chi connectivity index (χ4n) is 8.32. The van der Waals surface area contributed by atoms with E-state index in [0.29, 0.717) is 53.1 Å². The summed E-state index contributed by atoms with van der Waals surface area (Å²) in [5.41, 5.74) is 5.45. The first-order chi connectivity index (χ1) is 25.6. The van der Waals surface area contributed by atoms with Crippen molar-refractivity contribution >= 4 is 51.9 Å². The van der Waals surface area contributed by atoms with Crippen LogP contribution in [0.25, 0.3) is 11.0 Å². The van der Waals surface area contributed by atoms with Gasteiger partial charge in [-0.25, -0.2) is 4.98 Å². The summed E-state index contributed by atoms with van der Waals surface area (Å²) in [5, 5.41) is 15.2. The van der Waals surface area contributed by atoms with Gasteiger partial charge in [0, 0.05) is 43.3 Å². The van der Waals surface area contributed by atoms with Crippen molar-refractivity contribution in [2.24, 2.45) is 5.92 Å². The lowest BCUT2D eigenvalue weighted by Gasteiger charge is -2.34. The molecule has 13 heteroatoms. The Kier molecular flexibility index (Phi) is 9.29. The molecule has 1 aromatic heterocycles. The van der Waals surface area contributed by atoms with Gasteiger partial charge in [0.25, 0.3) is 17.7 Å². The van der Waals surface area contributed by atoms with Gasteiger partial charge in [-0.2, -0.15) is 0 Å². The summed E-state index contributed by atoms with van der Waals surface area (Å²) >= 11 is 0. The summed E-state index contributed by atoms with van der Waals surface area (Å²) in [6.45, 7) is 4.87. The number of amides is 5. The minimum atomic E-state index is -0.986. The second-order valence-corrected chi connectivity index (χ2v) is 14.9. The number of aliphatic hydroxyl groups excluding tert-OH is 1. The minimum Gasteiger partial charge on any atom is -0.392 e. The number of anilines is 2. The van der Waals surface area contributed by atoms with Crippen LogP contribution in [0, 0.1) is 5.92 Å². The number of carbonyl (C=O) groups is 5. The van der Waals surface area contributed by atoms with Gasteiger partial charge in [-0.05, 0) is 99.4 Å². The predicted molar refractivity (Wildman–Crippen MR) is 197 cm³/mol. The Balaban J connectivity index is 0.830. The van der Waals surface area contributed by atoms with Crippen LogP contribution in [0.5, 0.6) is 0 Å². The van der Waals surface area contributed by atoms with Crippen molar-refractivity contribution in [3.8, 4) is 0 Å².